The van der Waals surface area contributed by atoms with Gasteiger partial charge in [-0.05, 0) is 49.9 Å². The molecular formula is C20H27FN4O2. The molecule has 1 saturated heterocycles. The number of esters is 1. The number of aliphatic imine (C=N–C) groups is 1. The summed E-state index contributed by atoms with van der Waals surface area (Å²) in [5.74, 6) is 0.513. The number of carbonyl (C=O) groups is 1. The molecule has 1 aliphatic heterocycles. The Kier molecular flexibility index (Phi) is 6.32. The second-order valence-corrected chi connectivity index (χ2v) is 6.77. The molecule has 2 N–H and O–H groups in total. The van der Waals surface area contributed by atoms with Crippen molar-refractivity contribution in [3.8, 4) is 0 Å². The SMILES string of the molecule is CCNC(=NCCc1c[nH]c2cc(F)ccc12)N1CCC(C(=O)OC)CC1. The van der Waals surface area contributed by atoms with Gasteiger partial charge in [-0.3, -0.25) is 9.79 Å². The smallest absolute Gasteiger partial charge is 0.308 e. The van der Waals surface area contributed by atoms with Crippen molar-refractivity contribution in [1.29, 1.82) is 0 Å². The first-order chi connectivity index (χ1) is 13.1. The monoisotopic (exact) mass is 374 g/mol. The van der Waals surface area contributed by atoms with Gasteiger partial charge in [0.05, 0.1) is 13.0 Å². The third-order valence-electron chi connectivity index (χ3n) is 5.04. The maximum atomic E-state index is 13.3. The fourth-order valence-electron chi connectivity index (χ4n) is 3.57. The van der Waals surface area contributed by atoms with Gasteiger partial charge in [-0.15, -0.1) is 0 Å². The van der Waals surface area contributed by atoms with Crippen LogP contribution in [0.25, 0.3) is 10.9 Å². The Morgan fingerprint density at radius 1 is 1.41 bits per heavy atom. The molecule has 0 aliphatic carbocycles. The van der Waals surface area contributed by atoms with E-state index in [-0.39, 0.29) is 17.7 Å². The Morgan fingerprint density at radius 2 is 2.19 bits per heavy atom. The number of nitrogens with one attached hydrogen (secondary N) is 2. The van der Waals surface area contributed by atoms with Crippen molar-refractivity contribution in [3.63, 3.8) is 0 Å². The van der Waals surface area contributed by atoms with Gasteiger partial charge in [-0.25, -0.2) is 4.39 Å². The van der Waals surface area contributed by atoms with Crippen LogP contribution in [0.2, 0.25) is 0 Å². The summed E-state index contributed by atoms with van der Waals surface area (Å²) in [4.78, 5) is 21.8. The standard InChI is InChI=1S/C20H27FN4O2/c1-3-22-20(25-10-7-14(8-11-25)19(26)27-2)23-9-6-15-13-24-18-12-16(21)4-5-17(15)18/h4-5,12-14,24H,3,6-11H2,1-2H3,(H,22,23). The zero-order chi connectivity index (χ0) is 19.2. The Labute approximate surface area is 158 Å². The van der Waals surface area contributed by atoms with Crippen LogP contribution in [0, 0.1) is 11.7 Å². The number of methoxy groups -OCH3 is 1. The molecule has 0 unspecified atom stereocenters. The topological polar surface area (TPSA) is 69.7 Å². The third kappa shape index (κ3) is 4.59. The molecule has 1 aromatic carbocycles. The number of ether oxygens (including phenoxy) is 1. The number of H-pyrrole nitrogens is 1. The van der Waals surface area contributed by atoms with Gasteiger partial charge < -0.3 is 19.9 Å². The van der Waals surface area contributed by atoms with Crippen LogP contribution in [-0.4, -0.2) is 55.1 Å². The fourth-order valence-corrected chi connectivity index (χ4v) is 3.57. The molecule has 1 aromatic heterocycles. The molecule has 1 fully saturated rings. The van der Waals surface area contributed by atoms with Crippen LogP contribution in [0.4, 0.5) is 4.39 Å². The number of rotatable bonds is 5. The number of carbonyl (C=O) groups excluding carboxylic acids is 1. The van der Waals surface area contributed by atoms with Crippen molar-refractivity contribution >= 4 is 22.8 Å². The van der Waals surface area contributed by atoms with Crippen molar-refractivity contribution in [2.45, 2.75) is 26.2 Å². The van der Waals surface area contributed by atoms with Crippen molar-refractivity contribution in [2.24, 2.45) is 10.9 Å². The summed E-state index contributed by atoms with van der Waals surface area (Å²) in [5, 5.41) is 4.37. The lowest BCUT2D eigenvalue weighted by Crippen LogP contribution is -2.46. The van der Waals surface area contributed by atoms with Gasteiger partial charge in [0.2, 0.25) is 0 Å². The van der Waals surface area contributed by atoms with Gasteiger partial charge >= 0.3 is 5.97 Å². The first-order valence-electron chi connectivity index (χ1n) is 9.49. The predicted octanol–water partition coefficient (Wildman–Crippen LogP) is 2.70. The van der Waals surface area contributed by atoms with E-state index in [2.05, 4.69) is 15.2 Å². The molecule has 0 bridgehead atoms. The summed E-state index contributed by atoms with van der Waals surface area (Å²) in [5.41, 5.74) is 1.94. The van der Waals surface area contributed by atoms with E-state index in [1.807, 2.05) is 19.2 Å². The zero-order valence-electron chi connectivity index (χ0n) is 15.9. The maximum Gasteiger partial charge on any atom is 0.308 e. The van der Waals surface area contributed by atoms with E-state index in [9.17, 15) is 9.18 Å². The predicted molar refractivity (Wildman–Crippen MR) is 104 cm³/mol. The lowest BCUT2D eigenvalue weighted by Gasteiger charge is -2.33. The van der Waals surface area contributed by atoms with Gasteiger partial charge in [0.15, 0.2) is 5.96 Å². The molecule has 0 amide bonds. The number of aromatic nitrogens is 1. The van der Waals surface area contributed by atoms with E-state index in [0.29, 0.717) is 6.54 Å². The normalized spacial score (nSPS) is 16.0. The Hall–Kier alpha value is -2.57. The molecule has 0 radical (unpaired) electrons. The quantitative estimate of drug-likeness (QED) is 0.480. The lowest BCUT2D eigenvalue weighted by molar-refractivity contribution is -0.146. The van der Waals surface area contributed by atoms with Gasteiger partial charge in [-0.1, -0.05) is 0 Å². The number of likely N-dealkylation sites (tertiary alicyclic amines) is 1. The average molecular weight is 374 g/mol. The number of aromatic amines is 1. The van der Waals surface area contributed by atoms with Gasteiger partial charge in [0, 0.05) is 43.3 Å². The van der Waals surface area contributed by atoms with Crippen molar-refractivity contribution in [1.82, 2.24) is 15.2 Å². The molecule has 146 valence electrons. The molecular weight excluding hydrogens is 347 g/mol. The summed E-state index contributed by atoms with van der Waals surface area (Å²) in [6.07, 6.45) is 4.27. The van der Waals surface area contributed by atoms with E-state index in [1.54, 1.807) is 0 Å². The number of fused-ring (bicyclic) bond motifs is 1. The summed E-state index contributed by atoms with van der Waals surface area (Å²) in [7, 11) is 1.44. The van der Waals surface area contributed by atoms with E-state index in [0.717, 1.165) is 61.3 Å². The van der Waals surface area contributed by atoms with Crippen molar-refractivity contribution < 1.29 is 13.9 Å². The van der Waals surface area contributed by atoms with Crippen LogP contribution in [-0.2, 0) is 16.0 Å². The third-order valence-corrected chi connectivity index (χ3v) is 5.04. The molecule has 1 aliphatic rings. The van der Waals surface area contributed by atoms with Crippen LogP contribution in [0.3, 0.4) is 0 Å². The number of nitrogens with zero attached hydrogens (tertiary/aromatic N) is 2. The number of benzene rings is 1. The largest absolute Gasteiger partial charge is 0.469 e. The first kappa shape index (κ1) is 19.2. The van der Waals surface area contributed by atoms with E-state index in [4.69, 9.17) is 9.73 Å². The Balaban J connectivity index is 1.61. The van der Waals surface area contributed by atoms with Gasteiger partial charge in [0.25, 0.3) is 0 Å². The highest BCUT2D eigenvalue weighted by molar-refractivity contribution is 5.83. The summed E-state index contributed by atoms with van der Waals surface area (Å²) >= 11 is 0. The van der Waals surface area contributed by atoms with E-state index < -0.39 is 0 Å². The molecule has 0 saturated carbocycles. The molecule has 7 heteroatoms. The fraction of sp³-hybridized carbons (Fsp3) is 0.500. The van der Waals surface area contributed by atoms with Crippen molar-refractivity contribution in [3.05, 3.63) is 35.8 Å². The van der Waals surface area contributed by atoms with Crippen LogP contribution in [0.5, 0.6) is 0 Å². The number of hydrogen-bond acceptors (Lipinski definition) is 3. The van der Waals surface area contributed by atoms with Crippen LogP contribution >= 0.6 is 0 Å². The number of halogens is 1. The average Bonchev–Trinajstić information content (AvgIpc) is 3.09. The number of hydrogen-bond donors (Lipinski definition) is 2. The molecule has 27 heavy (non-hydrogen) atoms. The lowest BCUT2D eigenvalue weighted by atomic mass is 9.97. The second kappa shape index (κ2) is 8.88. The Bertz CT molecular complexity index is 809. The van der Waals surface area contributed by atoms with E-state index >= 15 is 0 Å². The van der Waals surface area contributed by atoms with Crippen LogP contribution in [0.15, 0.2) is 29.4 Å². The molecule has 0 atom stereocenters. The summed E-state index contributed by atoms with van der Waals surface area (Å²) < 4.78 is 18.2. The van der Waals surface area contributed by atoms with Crippen molar-refractivity contribution in [2.75, 3.05) is 33.3 Å². The highest BCUT2D eigenvalue weighted by Gasteiger charge is 2.26. The molecule has 6 nitrogen and oxygen atoms in total. The van der Waals surface area contributed by atoms with Crippen LogP contribution in [0.1, 0.15) is 25.3 Å². The molecule has 2 aromatic rings. The molecule has 0 spiro atoms. The Morgan fingerprint density at radius 3 is 2.89 bits per heavy atom. The van der Waals surface area contributed by atoms with Gasteiger partial charge in [0.1, 0.15) is 5.82 Å². The molecule has 2 heterocycles. The maximum absolute atomic E-state index is 13.3. The van der Waals surface area contributed by atoms with E-state index in [1.165, 1.54) is 19.2 Å². The van der Waals surface area contributed by atoms with Gasteiger partial charge in [-0.2, -0.15) is 0 Å². The zero-order valence-corrected chi connectivity index (χ0v) is 15.9. The minimum atomic E-state index is -0.237. The minimum Gasteiger partial charge on any atom is -0.469 e. The first-order valence-corrected chi connectivity index (χ1v) is 9.49. The number of piperidine rings is 1. The molecule has 3 rings (SSSR count). The number of guanidine groups is 1. The highest BCUT2D eigenvalue weighted by Crippen LogP contribution is 2.20. The highest BCUT2D eigenvalue weighted by atomic mass is 19.1. The minimum absolute atomic E-state index is 0.0132. The second-order valence-electron chi connectivity index (χ2n) is 6.77. The summed E-state index contributed by atoms with van der Waals surface area (Å²) in [6, 6.07) is 4.80. The van der Waals surface area contributed by atoms with Crippen LogP contribution < -0.4 is 5.32 Å². The summed E-state index contributed by atoms with van der Waals surface area (Å²) in [6.45, 7) is 5.06.